The summed E-state index contributed by atoms with van der Waals surface area (Å²) in [6.45, 7) is 7.94. The highest BCUT2D eigenvalue weighted by atomic mass is 16.3. The summed E-state index contributed by atoms with van der Waals surface area (Å²) in [6.07, 6.45) is 4.03. The van der Waals surface area contributed by atoms with Crippen LogP contribution in [0.25, 0.3) is 11.0 Å². The van der Waals surface area contributed by atoms with E-state index in [9.17, 15) is 0 Å². The lowest BCUT2D eigenvalue weighted by molar-refractivity contribution is 0.167. The molecule has 1 N–H and O–H groups in total. The smallest absolute Gasteiger partial charge is 0.134 e. The van der Waals surface area contributed by atoms with Crippen molar-refractivity contribution in [1.82, 2.24) is 5.32 Å². The molecule has 0 amide bonds. The van der Waals surface area contributed by atoms with Crippen LogP contribution in [0, 0.1) is 17.8 Å². The quantitative estimate of drug-likeness (QED) is 0.856. The number of fused-ring (bicyclic) bond motifs is 1. The molecule has 1 aromatic heterocycles. The van der Waals surface area contributed by atoms with Crippen molar-refractivity contribution in [3.05, 3.63) is 36.1 Å². The molecule has 0 spiro atoms. The number of rotatable bonds is 4. The van der Waals surface area contributed by atoms with Gasteiger partial charge in [-0.2, -0.15) is 0 Å². The zero-order chi connectivity index (χ0) is 14.8. The van der Waals surface area contributed by atoms with E-state index in [1.54, 1.807) is 0 Å². The Kier molecular flexibility index (Phi) is 4.34. The first-order valence-electron chi connectivity index (χ1n) is 8.34. The lowest BCUT2D eigenvalue weighted by Gasteiger charge is -2.37. The minimum absolute atomic E-state index is 0.627. The largest absolute Gasteiger partial charge is 0.460 e. The third-order valence-electron chi connectivity index (χ3n) is 5.04. The monoisotopic (exact) mass is 285 g/mol. The normalized spacial score (nSPS) is 26.6. The van der Waals surface area contributed by atoms with Gasteiger partial charge in [-0.1, -0.05) is 45.4 Å². The van der Waals surface area contributed by atoms with Gasteiger partial charge in [0.2, 0.25) is 0 Å². The first-order chi connectivity index (χ1) is 10.1. The molecule has 1 aliphatic rings. The Morgan fingerprint density at radius 2 is 2.05 bits per heavy atom. The van der Waals surface area contributed by atoms with E-state index in [0.717, 1.165) is 35.6 Å². The second-order valence-corrected chi connectivity index (χ2v) is 7.06. The van der Waals surface area contributed by atoms with E-state index in [4.69, 9.17) is 4.42 Å². The van der Waals surface area contributed by atoms with Gasteiger partial charge in [-0.15, -0.1) is 0 Å². The first kappa shape index (κ1) is 14.6. The molecule has 1 heterocycles. The highest BCUT2D eigenvalue weighted by Gasteiger charge is 2.30. The molecule has 3 rings (SSSR count). The molecule has 1 saturated carbocycles. The Labute approximate surface area is 127 Å². The molecule has 0 saturated heterocycles. The van der Waals surface area contributed by atoms with Gasteiger partial charge in [0.15, 0.2) is 0 Å². The Bertz CT molecular complexity index is 553. The van der Waals surface area contributed by atoms with Gasteiger partial charge in [0, 0.05) is 11.4 Å². The summed E-state index contributed by atoms with van der Waals surface area (Å²) in [5.74, 6) is 3.45. The molecule has 1 aliphatic carbocycles. The number of hydrogen-bond donors (Lipinski definition) is 1. The summed E-state index contributed by atoms with van der Waals surface area (Å²) in [5, 5.41) is 4.97. The van der Waals surface area contributed by atoms with E-state index in [1.807, 2.05) is 12.1 Å². The van der Waals surface area contributed by atoms with Gasteiger partial charge < -0.3 is 9.73 Å². The standard InChI is InChI=1S/C19H27NO/c1-13(2)17-9-8-14(3)10-18(17)20-12-16-11-15-6-4-5-7-19(15)21-16/h4-7,11,13-14,17-18,20H,8-10,12H2,1-3H3. The van der Waals surface area contributed by atoms with Gasteiger partial charge in [-0.25, -0.2) is 0 Å². The van der Waals surface area contributed by atoms with Crippen LogP contribution in [0.3, 0.4) is 0 Å². The SMILES string of the molecule is CC1CCC(C(C)C)C(NCc2cc3ccccc3o2)C1. The van der Waals surface area contributed by atoms with Gasteiger partial charge >= 0.3 is 0 Å². The highest BCUT2D eigenvalue weighted by Crippen LogP contribution is 2.33. The molecule has 3 unspecified atom stereocenters. The third kappa shape index (κ3) is 3.32. The maximum atomic E-state index is 5.92. The summed E-state index contributed by atoms with van der Waals surface area (Å²) < 4.78 is 5.92. The fraction of sp³-hybridized carbons (Fsp3) is 0.579. The van der Waals surface area contributed by atoms with E-state index in [2.05, 4.69) is 44.3 Å². The Morgan fingerprint density at radius 3 is 2.81 bits per heavy atom. The molecule has 2 aromatic rings. The van der Waals surface area contributed by atoms with Gasteiger partial charge in [0.1, 0.15) is 11.3 Å². The van der Waals surface area contributed by atoms with E-state index < -0.39 is 0 Å². The van der Waals surface area contributed by atoms with E-state index in [-0.39, 0.29) is 0 Å². The average Bonchev–Trinajstić information content (AvgIpc) is 2.87. The molecular formula is C19H27NO. The zero-order valence-corrected chi connectivity index (χ0v) is 13.4. The van der Waals surface area contributed by atoms with Crippen LogP contribution < -0.4 is 5.32 Å². The number of furan rings is 1. The molecule has 114 valence electrons. The number of benzene rings is 1. The Hall–Kier alpha value is -1.28. The van der Waals surface area contributed by atoms with Crippen LogP contribution in [0.2, 0.25) is 0 Å². The molecule has 1 aromatic carbocycles. The van der Waals surface area contributed by atoms with Crippen LogP contribution in [-0.4, -0.2) is 6.04 Å². The number of nitrogens with one attached hydrogen (secondary N) is 1. The summed E-state index contributed by atoms with van der Waals surface area (Å²) in [6, 6.07) is 11.0. The van der Waals surface area contributed by atoms with Crippen molar-refractivity contribution in [2.24, 2.45) is 17.8 Å². The molecule has 21 heavy (non-hydrogen) atoms. The predicted octanol–water partition coefficient (Wildman–Crippen LogP) is 4.98. The van der Waals surface area contributed by atoms with Gasteiger partial charge in [0.05, 0.1) is 6.54 Å². The molecule has 3 atom stereocenters. The fourth-order valence-corrected chi connectivity index (χ4v) is 3.79. The van der Waals surface area contributed by atoms with Crippen LogP contribution in [-0.2, 0) is 6.54 Å². The predicted molar refractivity (Wildman–Crippen MR) is 88.2 cm³/mol. The minimum atomic E-state index is 0.627. The first-order valence-corrected chi connectivity index (χ1v) is 8.34. The van der Waals surface area contributed by atoms with Crippen molar-refractivity contribution in [3.8, 4) is 0 Å². The van der Waals surface area contributed by atoms with Crippen LogP contribution >= 0.6 is 0 Å². The van der Waals surface area contributed by atoms with E-state index >= 15 is 0 Å². The molecule has 1 fully saturated rings. The van der Waals surface area contributed by atoms with Crippen molar-refractivity contribution in [2.75, 3.05) is 0 Å². The highest BCUT2D eigenvalue weighted by molar-refractivity contribution is 5.77. The van der Waals surface area contributed by atoms with Crippen molar-refractivity contribution in [1.29, 1.82) is 0 Å². The second kappa shape index (κ2) is 6.23. The summed E-state index contributed by atoms with van der Waals surface area (Å²) in [4.78, 5) is 0. The van der Waals surface area contributed by atoms with Crippen molar-refractivity contribution in [3.63, 3.8) is 0 Å². The van der Waals surface area contributed by atoms with Crippen LogP contribution in [0.15, 0.2) is 34.7 Å². The van der Waals surface area contributed by atoms with E-state index in [0.29, 0.717) is 6.04 Å². The summed E-state index contributed by atoms with van der Waals surface area (Å²) >= 11 is 0. The van der Waals surface area contributed by atoms with E-state index in [1.165, 1.54) is 24.6 Å². The fourth-order valence-electron chi connectivity index (χ4n) is 3.79. The number of hydrogen-bond acceptors (Lipinski definition) is 2. The lowest BCUT2D eigenvalue weighted by Crippen LogP contribution is -2.42. The maximum absolute atomic E-state index is 5.92. The lowest BCUT2D eigenvalue weighted by atomic mass is 9.74. The summed E-state index contributed by atoms with van der Waals surface area (Å²) in [5.41, 5.74) is 0.992. The summed E-state index contributed by atoms with van der Waals surface area (Å²) in [7, 11) is 0. The van der Waals surface area contributed by atoms with Crippen molar-refractivity contribution < 1.29 is 4.42 Å². The van der Waals surface area contributed by atoms with Crippen LogP contribution in [0.5, 0.6) is 0 Å². The molecule has 0 aliphatic heterocycles. The Balaban J connectivity index is 1.67. The number of para-hydroxylation sites is 1. The molecular weight excluding hydrogens is 258 g/mol. The molecule has 2 heteroatoms. The Morgan fingerprint density at radius 1 is 1.24 bits per heavy atom. The zero-order valence-electron chi connectivity index (χ0n) is 13.4. The molecule has 0 radical (unpaired) electrons. The van der Waals surface area contributed by atoms with Crippen LogP contribution in [0.4, 0.5) is 0 Å². The topological polar surface area (TPSA) is 25.2 Å². The maximum Gasteiger partial charge on any atom is 0.134 e. The molecule has 0 bridgehead atoms. The van der Waals surface area contributed by atoms with Crippen molar-refractivity contribution in [2.45, 2.75) is 52.6 Å². The average molecular weight is 285 g/mol. The van der Waals surface area contributed by atoms with Gasteiger partial charge in [-0.3, -0.25) is 0 Å². The minimum Gasteiger partial charge on any atom is -0.460 e. The third-order valence-corrected chi connectivity index (χ3v) is 5.04. The second-order valence-electron chi connectivity index (χ2n) is 7.06. The van der Waals surface area contributed by atoms with Crippen LogP contribution in [0.1, 0.15) is 45.8 Å². The molecule has 2 nitrogen and oxygen atoms in total. The van der Waals surface area contributed by atoms with Gasteiger partial charge in [-0.05, 0) is 42.7 Å². The van der Waals surface area contributed by atoms with Crippen molar-refractivity contribution >= 4 is 11.0 Å². The van der Waals surface area contributed by atoms with Gasteiger partial charge in [0.25, 0.3) is 0 Å².